The van der Waals surface area contributed by atoms with Gasteiger partial charge in [-0.15, -0.1) is 11.3 Å². The molecule has 3 amide bonds. The van der Waals surface area contributed by atoms with Crippen LogP contribution in [0.25, 0.3) is 10.2 Å². The molecule has 3 aliphatic rings. The molecule has 0 aromatic carbocycles. The highest BCUT2D eigenvalue weighted by atomic mass is 32.1. The number of amides is 3. The first-order chi connectivity index (χ1) is 16.7. The van der Waals surface area contributed by atoms with Crippen molar-refractivity contribution in [1.29, 1.82) is 0 Å². The Morgan fingerprint density at radius 3 is 2.85 bits per heavy atom. The Balaban J connectivity index is 1.26. The minimum Gasteiger partial charge on any atom is -0.474 e. The first kappa shape index (κ1) is 21.3. The molecular weight excluding hydrogens is 452 g/mol. The second kappa shape index (κ2) is 8.84. The quantitative estimate of drug-likeness (QED) is 0.498. The Hall–Kier alpha value is -3.24. The lowest BCUT2D eigenvalue weighted by molar-refractivity contribution is -0.121. The van der Waals surface area contributed by atoms with Crippen LogP contribution < -0.4 is 25.6 Å². The van der Waals surface area contributed by atoms with E-state index >= 15 is 0 Å². The van der Waals surface area contributed by atoms with Crippen molar-refractivity contribution >= 4 is 50.6 Å². The number of hydrogen-bond donors (Lipinski definition) is 3. The van der Waals surface area contributed by atoms with Gasteiger partial charge in [-0.1, -0.05) is 0 Å². The summed E-state index contributed by atoms with van der Waals surface area (Å²) < 4.78 is 5.85. The van der Waals surface area contributed by atoms with Crippen LogP contribution >= 0.6 is 11.3 Å². The number of rotatable bonds is 6. The van der Waals surface area contributed by atoms with Crippen LogP contribution in [0.4, 0.5) is 21.9 Å². The lowest BCUT2D eigenvalue weighted by Gasteiger charge is -2.29. The molecule has 0 spiro atoms. The lowest BCUT2D eigenvalue weighted by Crippen LogP contribution is -2.46. The van der Waals surface area contributed by atoms with Gasteiger partial charge in [-0.2, -0.15) is 0 Å². The van der Waals surface area contributed by atoms with Crippen molar-refractivity contribution in [3.63, 3.8) is 0 Å². The van der Waals surface area contributed by atoms with E-state index in [1.807, 2.05) is 12.1 Å². The molecule has 2 fully saturated rings. The maximum atomic E-state index is 13.2. The number of nitrogens with zero attached hydrogens (tertiary/aromatic N) is 3. The summed E-state index contributed by atoms with van der Waals surface area (Å²) in [6.07, 6.45) is 9.16. The van der Waals surface area contributed by atoms with Gasteiger partial charge in [-0.3, -0.25) is 9.69 Å². The highest BCUT2D eigenvalue weighted by Crippen LogP contribution is 2.45. The number of piperidine rings is 1. The van der Waals surface area contributed by atoms with E-state index in [1.54, 1.807) is 23.4 Å². The Morgan fingerprint density at radius 2 is 2.12 bits per heavy atom. The normalized spacial score (nSPS) is 20.1. The number of pyridine rings is 2. The van der Waals surface area contributed by atoms with Gasteiger partial charge in [0.25, 0.3) is 0 Å². The number of anilines is 3. The number of hydrogen-bond acceptors (Lipinski definition) is 7. The molecule has 10 heteroatoms. The lowest BCUT2D eigenvalue weighted by atomic mass is 9.96. The van der Waals surface area contributed by atoms with Crippen molar-refractivity contribution in [3.8, 4) is 5.88 Å². The molecule has 2 aliphatic heterocycles. The van der Waals surface area contributed by atoms with Crippen molar-refractivity contribution in [3.05, 3.63) is 35.5 Å². The van der Waals surface area contributed by atoms with Crippen molar-refractivity contribution in [2.24, 2.45) is 0 Å². The first-order valence-electron chi connectivity index (χ1n) is 11.8. The number of urea groups is 1. The summed E-state index contributed by atoms with van der Waals surface area (Å²) in [5.41, 5.74) is 2.06. The molecular formula is C24H26N6O3S. The second-order valence-electron chi connectivity index (χ2n) is 8.99. The number of nitrogens with one attached hydrogen (secondary N) is 3. The van der Waals surface area contributed by atoms with Gasteiger partial charge in [0.15, 0.2) is 0 Å². The zero-order valence-corrected chi connectivity index (χ0v) is 19.5. The van der Waals surface area contributed by atoms with Crippen LogP contribution in [0.3, 0.4) is 0 Å². The third-order valence-corrected chi connectivity index (χ3v) is 7.72. The number of carbonyl (C=O) groups excluding carboxylic acids is 2. The van der Waals surface area contributed by atoms with Crippen LogP contribution in [0.1, 0.15) is 37.0 Å². The van der Waals surface area contributed by atoms with Crippen molar-refractivity contribution in [2.45, 2.75) is 50.7 Å². The van der Waals surface area contributed by atoms with Crippen molar-refractivity contribution < 1.29 is 14.3 Å². The molecule has 1 aliphatic carbocycles. The Bertz CT molecular complexity index is 1230. The fourth-order valence-electron chi connectivity index (χ4n) is 4.66. The van der Waals surface area contributed by atoms with Gasteiger partial charge in [0.05, 0.1) is 35.1 Å². The van der Waals surface area contributed by atoms with Crippen LogP contribution in [0.5, 0.6) is 5.88 Å². The van der Waals surface area contributed by atoms with E-state index in [0.717, 1.165) is 59.6 Å². The molecule has 0 bridgehead atoms. The third kappa shape index (κ3) is 3.97. The minimum atomic E-state index is -0.286. The fraction of sp³-hybridized carbons (Fsp3) is 0.417. The monoisotopic (exact) mass is 478 g/mol. The maximum absolute atomic E-state index is 13.2. The van der Waals surface area contributed by atoms with E-state index in [1.165, 1.54) is 17.8 Å². The molecule has 0 unspecified atom stereocenters. The standard InChI is InChI=1S/C24H26N6O3S/c31-19(28-14-3-2-9-25-12-14)11-18-22-21-17(8-10-26-23(21)34-18)30(24(32)29-22)15-6-7-20(27-13-15)33-16-4-1-5-16/h6-8,10,13-14,16,25H,1-5,9,11-12H2,(H,28,31)(H,29,32)/t14-/m1/s1. The van der Waals surface area contributed by atoms with E-state index in [0.29, 0.717) is 17.3 Å². The summed E-state index contributed by atoms with van der Waals surface area (Å²) in [6, 6.07) is 5.34. The zero-order valence-electron chi connectivity index (χ0n) is 18.7. The largest absolute Gasteiger partial charge is 0.474 e. The Morgan fingerprint density at radius 1 is 1.21 bits per heavy atom. The van der Waals surface area contributed by atoms with E-state index in [9.17, 15) is 9.59 Å². The van der Waals surface area contributed by atoms with Gasteiger partial charge in [-0.05, 0) is 50.8 Å². The third-order valence-electron chi connectivity index (χ3n) is 6.62. The molecule has 3 aromatic heterocycles. The van der Waals surface area contributed by atoms with Crippen LogP contribution in [0.15, 0.2) is 30.6 Å². The van der Waals surface area contributed by atoms with Crippen LogP contribution in [-0.4, -0.2) is 47.1 Å². The van der Waals surface area contributed by atoms with Gasteiger partial charge in [0.2, 0.25) is 11.8 Å². The van der Waals surface area contributed by atoms with Gasteiger partial charge in [-0.25, -0.2) is 14.8 Å². The number of carbonyl (C=O) groups is 2. The van der Waals surface area contributed by atoms with Crippen LogP contribution in [-0.2, 0) is 11.2 Å². The summed E-state index contributed by atoms with van der Waals surface area (Å²) in [5, 5.41) is 10.3. The van der Waals surface area contributed by atoms with Gasteiger partial charge >= 0.3 is 6.03 Å². The summed E-state index contributed by atoms with van der Waals surface area (Å²) in [4.78, 5) is 38.1. The molecule has 6 rings (SSSR count). The number of ether oxygens (including phenoxy) is 1. The van der Waals surface area contributed by atoms with Crippen LogP contribution in [0.2, 0.25) is 0 Å². The molecule has 3 N–H and O–H groups in total. The molecule has 1 saturated carbocycles. The zero-order chi connectivity index (χ0) is 23.1. The van der Waals surface area contributed by atoms with Crippen molar-refractivity contribution in [1.82, 2.24) is 20.6 Å². The van der Waals surface area contributed by atoms with E-state index in [2.05, 4.69) is 25.9 Å². The molecule has 1 atom stereocenters. The number of aromatic nitrogens is 2. The van der Waals surface area contributed by atoms with E-state index in [-0.39, 0.29) is 30.5 Å². The highest BCUT2D eigenvalue weighted by molar-refractivity contribution is 7.19. The summed E-state index contributed by atoms with van der Waals surface area (Å²) in [5.74, 6) is 0.532. The Labute approximate surface area is 200 Å². The average molecular weight is 479 g/mol. The van der Waals surface area contributed by atoms with Crippen molar-refractivity contribution in [2.75, 3.05) is 23.3 Å². The van der Waals surface area contributed by atoms with E-state index in [4.69, 9.17) is 4.74 Å². The summed E-state index contributed by atoms with van der Waals surface area (Å²) >= 11 is 1.45. The maximum Gasteiger partial charge on any atom is 0.331 e. The van der Waals surface area contributed by atoms with Gasteiger partial charge in [0, 0.05) is 29.7 Å². The average Bonchev–Trinajstić information content (AvgIpc) is 3.15. The highest BCUT2D eigenvalue weighted by Gasteiger charge is 2.32. The number of thiophene rings is 1. The Kier molecular flexibility index (Phi) is 5.54. The summed E-state index contributed by atoms with van der Waals surface area (Å²) in [6.45, 7) is 1.79. The second-order valence-corrected chi connectivity index (χ2v) is 10.1. The van der Waals surface area contributed by atoms with Gasteiger partial charge in [0.1, 0.15) is 10.9 Å². The predicted molar refractivity (Wildman–Crippen MR) is 131 cm³/mol. The summed E-state index contributed by atoms with van der Waals surface area (Å²) in [7, 11) is 0. The van der Waals surface area contributed by atoms with E-state index < -0.39 is 0 Å². The smallest absolute Gasteiger partial charge is 0.331 e. The molecule has 5 heterocycles. The first-order valence-corrected chi connectivity index (χ1v) is 12.6. The van der Waals surface area contributed by atoms with Gasteiger partial charge < -0.3 is 20.7 Å². The molecule has 9 nitrogen and oxygen atoms in total. The SMILES string of the molecule is O=C(Cc1sc2nccc3c2c1NC(=O)N3c1ccc(OC2CCC2)nc1)N[C@@H]1CCCNC1. The predicted octanol–water partition coefficient (Wildman–Crippen LogP) is 3.72. The molecule has 176 valence electrons. The fourth-order valence-corrected chi connectivity index (χ4v) is 5.77. The minimum absolute atomic E-state index is 0.0408. The molecule has 34 heavy (non-hydrogen) atoms. The molecule has 1 saturated heterocycles. The van der Waals surface area contributed by atoms with Crippen LogP contribution in [0, 0.1) is 0 Å². The molecule has 3 aromatic rings. The topological polar surface area (TPSA) is 108 Å². The molecule has 0 radical (unpaired) electrons.